The van der Waals surface area contributed by atoms with E-state index in [0.29, 0.717) is 10.0 Å². The average molecular weight is 404 g/mol. The Hall–Kier alpha value is -0.980. The highest BCUT2D eigenvalue weighted by atomic mass is 79.9. The molecule has 0 aromatic heterocycles. The molecule has 0 radical (unpaired) electrons. The van der Waals surface area contributed by atoms with Gasteiger partial charge in [0, 0.05) is 20.2 Å². The predicted octanol–water partition coefficient (Wildman–Crippen LogP) is 4.73. The van der Waals surface area contributed by atoms with E-state index in [1.807, 2.05) is 18.2 Å². The van der Waals surface area contributed by atoms with Crippen molar-refractivity contribution in [3.05, 3.63) is 56.7 Å². The van der Waals surface area contributed by atoms with Gasteiger partial charge in [0.2, 0.25) is 0 Å². The van der Waals surface area contributed by atoms with Crippen LogP contribution < -0.4 is 11.1 Å². The van der Waals surface area contributed by atoms with E-state index in [4.69, 9.17) is 18.0 Å². The van der Waals surface area contributed by atoms with Crippen LogP contribution in [-0.2, 0) is 0 Å². The van der Waals surface area contributed by atoms with Gasteiger partial charge in [0.25, 0.3) is 0 Å². The molecular formula is C13H9Br2FN2S. The fraction of sp³-hybridized carbons (Fsp3) is 0. The maximum atomic E-state index is 13.1. The summed E-state index contributed by atoms with van der Waals surface area (Å²) in [5, 5.41) is 3.18. The van der Waals surface area contributed by atoms with E-state index >= 15 is 0 Å². The molecule has 2 aromatic carbocycles. The maximum Gasteiger partial charge on any atom is 0.124 e. The first-order valence-electron chi connectivity index (χ1n) is 5.29. The minimum absolute atomic E-state index is 0.285. The topological polar surface area (TPSA) is 38.0 Å². The lowest BCUT2D eigenvalue weighted by Gasteiger charge is -2.14. The third-order valence-corrected chi connectivity index (χ3v) is 3.98. The van der Waals surface area contributed by atoms with Crippen molar-refractivity contribution in [2.45, 2.75) is 0 Å². The third-order valence-electron chi connectivity index (χ3n) is 2.46. The van der Waals surface area contributed by atoms with Gasteiger partial charge in [-0.3, -0.25) is 0 Å². The van der Waals surface area contributed by atoms with Gasteiger partial charge >= 0.3 is 0 Å². The second-order valence-electron chi connectivity index (χ2n) is 3.78. The second kappa shape index (κ2) is 5.98. The van der Waals surface area contributed by atoms with Crippen molar-refractivity contribution in [1.29, 1.82) is 0 Å². The SMILES string of the molecule is NC(=S)c1c(Br)cccc1Nc1ccc(F)cc1Br. The van der Waals surface area contributed by atoms with Gasteiger partial charge in [0.05, 0.1) is 5.69 Å². The van der Waals surface area contributed by atoms with Gasteiger partial charge in [-0.15, -0.1) is 0 Å². The van der Waals surface area contributed by atoms with Gasteiger partial charge in [0.15, 0.2) is 0 Å². The standard InChI is InChI=1S/C13H9Br2FN2S/c14-8-2-1-3-11(12(8)13(17)19)18-10-5-4-7(16)6-9(10)15/h1-6,18H,(H2,17,19). The lowest BCUT2D eigenvalue weighted by atomic mass is 10.1. The van der Waals surface area contributed by atoms with Crippen LogP contribution in [0, 0.1) is 5.82 Å². The molecule has 0 amide bonds. The Balaban J connectivity index is 2.44. The zero-order valence-electron chi connectivity index (χ0n) is 9.58. The van der Waals surface area contributed by atoms with Crippen molar-refractivity contribution in [1.82, 2.24) is 0 Å². The second-order valence-corrected chi connectivity index (χ2v) is 5.92. The van der Waals surface area contributed by atoms with Crippen LogP contribution in [0.25, 0.3) is 0 Å². The zero-order chi connectivity index (χ0) is 14.0. The van der Waals surface area contributed by atoms with E-state index in [1.165, 1.54) is 12.1 Å². The summed E-state index contributed by atoms with van der Waals surface area (Å²) < 4.78 is 14.5. The Bertz CT molecular complexity index is 647. The smallest absolute Gasteiger partial charge is 0.124 e. The third kappa shape index (κ3) is 3.32. The summed E-state index contributed by atoms with van der Waals surface area (Å²) in [7, 11) is 0. The molecule has 0 atom stereocenters. The maximum absolute atomic E-state index is 13.1. The van der Waals surface area contributed by atoms with Crippen molar-refractivity contribution >= 4 is 60.4 Å². The van der Waals surface area contributed by atoms with Crippen LogP contribution in [0.2, 0.25) is 0 Å². The van der Waals surface area contributed by atoms with E-state index in [0.717, 1.165) is 15.8 Å². The predicted molar refractivity (Wildman–Crippen MR) is 87.4 cm³/mol. The molecule has 2 rings (SSSR count). The van der Waals surface area contributed by atoms with Gasteiger partial charge in [0.1, 0.15) is 10.8 Å². The molecule has 3 N–H and O–H groups in total. The highest BCUT2D eigenvalue weighted by molar-refractivity contribution is 9.11. The number of nitrogens with one attached hydrogen (secondary N) is 1. The molecule has 0 saturated carbocycles. The molecule has 0 saturated heterocycles. The molecule has 6 heteroatoms. The Kier molecular flexibility index (Phi) is 4.54. The van der Waals surface area contributed by atoms with Crippen molar-refractivity contribution in [2.75, 3.05) is 5.32 Å². The number of nitrogens with two attached hydrogens (primary N) is 1. The van der Waals surface area contributed by atoms with Crippen LogP contribution in [-0.4, -0.2) is 4.99 Å². The minimum atomic E-state index is -0.304. The van der Waals surface area contributed by atoms with E-state index in [1.54, 1.807) is 6.07 Å². The van der Waals surface area contributed by atoms with E-state index in [9.17, 15) is 4.39 Å². The fourth-order valence-corrected chi connectivity index (χ4v) is 3.00. The van der Waals surface area contributed by atoms with Crippen LogP contribution in [0.1, 0.15) is 5.56 Å². The normalized spacial score (nSPS) is 10.3. The van der Waals surface area contributed by atoms with Crippen molar-refractivity contribution in [3.8, 4) is 0 Å². The van der Waals surface area contributed by atoms with Crippen LogP contribution in [0.3, 0.4) is 0 Å². The van der Waals surface area contributed by atoms with Gasteiger partial charge in [-0.05, 0) is 62.2 Å². The lowest BCUT2D eigenvalue weighted by molar-refractivity contribution is 0.627. The number of halogens is 3. The summed E-state index contributed by atoms with van der Waals surface area (Å²) in [5.74, 6) is -0.304. The molecule has 0 bridgehead atoms. The largest absolute Gasteiger partial charge is 0.389 e. The Labute approximate surface area is 132 Å². The Morgan fingerprint density at radius 1 is 1.11 bits per heavy atom. The van der Waals surface area contributed by atoms with Crippen LogP contribution >= 0.6 is 44.1 Å². The molecule has 98 valence electrons. The first kappa shape index (κ1) is 14.4. The highest BCUT2D eigenvalue weighted by Crippen LogP contribution is 2.31. The quantitative estimate of drug-likeness (QED) is 0.727. The van der Waals surface area contributed by atoms with E-state index in [-0.39, 0.29) is 10.8 Å². The average Bonchev–Trinajstić information content (AvgIpc) is 2.32. The monoisotopic (exact) mass is 402 g/mol. The molecule has 0 unspecified atom stereocenters. The van der Waals surface area contributed by atoms with Gasteiger partial charge in [-0.25, -0.2) is 4.39 Å². The first-order valence-corrected chi connectivity index (χ1v) is 7.29. The number of anilines is 2. The minimum Gasteiger partial charge on any atom is -0.389 e. The molecular weight excluding hydrogens is 395 g/mol. The molecule has 2 nitrogen and oxygen atoms in total. The van der Waals surface area contributed by atoms with Crippen LogP contribution in [0.4, 0.5) is 15.8 Å². The van der Waals surface area contributed by atoms with Crippen molar-refractivity contribution in [2.24, 2.45) is 5.73 Å². The Morgan fingerprint density at radius 2 is 1.84 bits per heavy atom. The molecule has 0 spiro atoms. The van der Waals surface area contributed by atoms with E-state index < -0.39 is 0 Å². The van der Waals surface area contributed by atoms with Crippen molar-refractivity contribution < 1.29 is 4.39 Å². The van der Waals surface area contributed by atoms with Gasteiger partial charge < -0.3 is 11.1 Å². The first-order chi connectivity index (χ1) is 8.99. The molecule has 0 fully saturated rings. The van der Waals surface area contributed by atoms with Gasteiger partial charge in [-0.2, -0.15) is 0 Å². The summed E-state index contributed by atoms with van der Waals surface area (Å²) >= 11 is 11.8. The number of hydrogen-bond acceptors (Lipinski definition) is 2. The number of hydrogen-bond donors (Lipinski definition) is 2. The van der Waals surface area contributed by atoms with Crippen LogP contribution in [0.5, 0.6) is 0 Å². The number of rotatable bonds is 3. The summed E-state index contributed by atoms with van der Waals surface area (Å²) in [6, 6.07) is 10.00. The summed E-state index contributed by atoms with van der Waals surface area (Å²) in [4.78, 5) is 0.285. The molecule has 0 aliphatic heterocycles. The molecule has 0 heterocycles. The number of benzene rings is 2. The van der Waals surface area contributed by atoms with Crippen molar-refractivity contribution in [3.63, 3.8) is 0 Å². The molecule has 0 aliphatic rings. The zero-order valence-corrected chi connectivity index (χ0v) is 13.6. The summed E-state index contributed by atoms with van der Waals surface area (Å²) in [6.07, 6.45) is 0. The Morgan fingerprint density at radius 3 is 2.47 bits per heavy atom. The molecule has 0 aliphatic carbocycles. The highest BCUT2D eigenvalue weighted by Gasteiger charge is 2.11. The fourth-order valence-electron chi connectivity index (χ4n) is 1.61. The summed E-state index contributed by atoms with van der Waals surface area (Å²) in [5.41, 5.74) is 7.93. The van der Waals surface area contributed by atoms with Gasteiger partial charge in [-0.1, -0.05) is 18.3 Å². The number of thiocarbonyl (C=S) groups is 1. The lowest BCUT2D eigenvalue weighted by Crippen LogP contribution is -2.12. The van der Waals surface area contributed by atoms with E-state index in [2.05, 4.69) is 37.2 Å². The summed E-state index contributed by atoms with van der Waals surface area (Å²) in [6.45, 7) is 0. The molecule has 2 aromatic rings. The van der Waals surface area contributed by atoms with Crippen LogP contribution in [0.15, 0.2) is 45.3 Å². The molecule has 19 heavy (non-hydrogen) atoms.